The van der Waals surface area contributed by atoms with Crippen LogP contribution in [0.3, 0.4) is 0 Å². The molecule has 1 unspecified atom stereocenters. The summed E-state index contributed by atoms with van der Waals surface area (Å²) in [5.74, 6) is 0. The number of hydrogen-bond donors (Lipinski definition) is 1. The molecule has 0 spiro atoms. The van der Waals surface area contributed by atoms with Crippen molar-refractivity contribution < 1.29 is 31.2 Å². The van der Waals surface area contributed by atoms with Gasteiger partial charge < -0.3 is 9.63 Å². The first-order chi connectivity index (χ1) is 2.27. The molecule has 0 saturated heterocycles. The zero-order valence-electron chi connectivity index (χ0n) is 2.67. The maximum absolute atomic E-state index is 9.12. The van der Waals surface area contributed by atoms with E-state index in [1.54, 1.807) is 9.47 Å². The van der Waals surface area contributed by atoms with Crippen molar-refractivity contribution in [3.05, 3.63) is 0 Å². The standard InChI is InChI=1S/CH3O3P.Co/c2-1(3)4-5;/h5H2,(H,2,3);. The van der Waals surface area contributed by atoms with Gasteiger partial charge in [-0.3, -0.25) is 0 Å². The van der Waals surface area contributed by atoms with Gasteiger partial charge in [0.05, 0.1) is 9.47 Å². The predicted octanol–water partition coefficient (Wildman–Crippen LogP) is 0.469. The summed E-state index contributed by atoms with van der Waals surface area (Å²) in [5.41, 5.74) is 0. The van der Waals surface area contributed by atoms with Gasteiger partial charge in [-0.15, -0.1) is 0 Å². The second kappa shape index (κ2) is 5.21. The van der Waals surface area contributed by atoms with Crippen LogP contribution in [0.2, 0.25) is 0 Å². The molecule has 1 N–H and O–H groups in total. The van der Waals surface area contributed by atoms with Gasteiger partial charge in [0.1, 0.15) is 0 Å². The average Bonchev–Trinajstić information content (AvgIpc) is 1.38. The molecule has 0 aromatic heterocycles. The summed E-state index contributed by atoms with van der Waals surface area (Å²) in [7, 11) is 1.59. The van der Waals surface area contributed by atoms with Crippen molar-refractivity contribution in [2.45, 2.75) is 0 Å². The minimum atomic E-state index is -1.28. The van der Waals surface area contributed by atoms with Gasteiger partial charge in [-0.05, 0) is 0 Å². The van der Waals surface area contributed by atoms with E-state index in [1.165, 1.54) is 0 Å². The van der Waals surface area contributed by atoms with Crippen LogP contribution >= 0.6 is 9.47 Å². The molecule has 0 heterocycles. The van der Waals surface area contributed by atoms with Gasteiger partial charge in [0.2, 0.25) is 0 Å². The molecule has 0 amide bonds. The minimum Gasteiger partial charge on any atom is -0.450 e. The van der Waals surface area contributed by atoms with Gasteiger partial charge in [0, 0.05) is 16.8 Å². The topological polar surface area (TPSA) is 46.5 Å². The predicted molar refractivity (Wildman–Crippen MR) is 18.8 cm³/mol. The van der Waals surface area contributed by atoms with Crippen LogP contribution in [0.1, 0.15) is 0 Å². The molecule has 0 fully saturated rings. The Labute approximate surface area is 47.5 Å². The van der Waals surface area contributed by atoms with Crippen molar-refractivity contribution in [2.75, 3.05) is 0 Å². The van der Waals surface area contributed by atoms with Crippen molar-refractivity contribution in [1.29, 1.82) is 0 Å². The van der Waals surface area contributed by atoms with E-state index >= 15 is 0 Å². The van der Waals surface area contributed by atoms with E-state index in [0.29, 0.717) is 0 Å². The van der Waals surface area contributed by atoms with Gasteiger partial charge in [-0.2, -0.15) is 0 Å². The molecule has 1 radical (unpaired) electrons. The monoisotopic (exact) mass is 153 g/mol. The van der Waals surface area contributed by atoms with Crippen molar-refractivity contribution in [2.24, 2.45) is 0 Å². The molecule has 3 nitrogen and oxygen atoms in total. The Morgan fingerprint density at radius 1 is 1.83 bits per heavy atom. The fourth-order valence-electron chi connectivity index (χ4n) is 0. The summed E-state index contributed by atoms with van der Waals surface area (Å²) in [6, 6.07) is 0. The van der Waals surface area contributed by atoms with Crippen LogP contribution in [-0.2, 0) is 21.3 Å². The van der Waals surface area contributed by atoms with Crippen LogP contribution in [0.25, 0.3) is 0 Å². The third kappa shape index (κ3) is 8.88. The molecule has 39 valence electrons. The van der Waals surface area contributed by atoms with Crippen LogP contribution < -0.4 is 0 Å². The van der Waals surface area contributed by atoms with Crippen molar-refractivity contribution in [1.82, 2.24) is 0 Å². The SMILES string of the molecule is O=C(O)OP.[Co]. The van der Waals surface area contributed by atoms with Crippen molar-refractivity contribution >= 4 is 15.6 Å². The molecule has 0 saturated carbocycles. The molecule has 5 heteroatoms. The summed E-state index contributed by atoms with van der Waals surface area (Å²) in [4.78, 5) is 9.12. The molecule has 0 rings (SSSR count). The van der Waals surface area contributed by atoms with Gasteiger partial charge in [0.25, 0.3) is 0 Å². The van der Waals surface area contributed by atoms with E-state index in [9.17, 15) is 0 Å². The molecule has 0 aliphatic carbocycles. The fourth-order valence-corrected chi connectivity index (χ4v) is 0. The molecule has 1 atom stereocenters. The van der Waals surface area contributed by atoms with E-state index in [4.69, 9.17) is 9.90 Å². The Kier molecular flexibility index (Phi) is 8.25. The molecular formula is CH3CoO3P. The maximum atomic E-state index is 9.12. The summed E-state index contributed by atoms with van der Waals surface area (Å²) in [6.07, 6.45) is -1.28. The number of hydrogen-bond acceptors (Lipinski definition) is 2. The van der Waals surface area contributed by atoms with E-state index in [2.05, 4.69) is 4.52 Å². The maximum Gasteiger partial charge on any atom is 0.507 e. The fraction of sp³-hybridized carbons (Fsp3) is 0. The third-order valence-corrected chi connectivity index (χ3v) is 0.302. The van der Waals surface area contributed by atoms with Gasteiger partial charge in [-0.1, -0.05) is 0 Å². The summed E-state index contributed by atoms with van der Waals surface area (Å²) in [5, 5.41) is 7.48. The smallest absolute Gasteiger partial charge is 0.450 e. The summed E-state index contributed by atoms with van der Waals surface area (Å²) in [6.45, 7) is 0. The van der Waals surface area contributed by atoms with E-state index in [-0.39, 0.29) is 16.8 Å². The number of rotatable bonds is 0. The Hall–Kier alpha value is 0.206. The molecule has 6 heavy (non-hydrogen) atoms. The molecule has 0 bridgehead atoms. The normalized spacial score (nSPS) is 5.50. The first-order valence-electron chi connectivity index (χ1n) is 0.868. The van der Waals surface area contributed by atoms with Crippen LogP contribution in [0.4, 0.5) is 4.79 Å². The second-order valence-corrected chi connectivity index (χ2v) is 0.619. The number of carboxylic acid groups (broad SMARTS) is 1. The first kappa shape index (κ1) is 9.51. The zero-order chi connectivity index (χ0) is 4.28. The van der Waals surface area contributed by atoms with Crippen molar-refractivity contribution in [3.63, 3.8) is 0 Å². The summed E-state index contributed by atoms with van der Waals surface area (Å²) < 4.78 is 3.58. The molecular weight excluding hydrogens is 150 g/mol. The molecule has 0 aliphatic rings. The van der Waals surface area contributed by atoms with Crippen LogP contribution in [0.15, 0.2) is 0 Å². The van der Waals surface area contributed by atoms with Crippen LogP contribution in [-0.4, -0.2) is 11.3 Å². The quantitative estimate of drug-likeness (QED) is 0.514. The van der Waals surface area contributed by atoms with E-state index in [0.717, 1.165) is 0 Å². The largest absolute Gasteiger partial charge is 0.507 e. The second-order valence-electron chi connectivity index (χ2n) is 0.384. The molecule has 0 aromatic carbocycles. The molecule has 0 aliphatic heterocycles. The third-order valence-electron chi connectivity index (χ3n) is 0.101. The van der Waals surface area contributed by atoms with Gasteiger partial charge in [-0.25, -0.2) is 4.79 Å². The minimum absolute atomic E-state index is 0. The van der Waals surface area contributed by atoms with Gasteiger partial charge in [0.15, 0.2) is 0 Å². The zero-order valence-corrected chi connectivity index (χ0v) is 4.87. The number of carbonyl (C=O) groups is 1. The Bertz CT molecular complexity index is 46.1. The Balaban J connectivity index is 0. The van der Waals surface area contributed by atoms with Crippen LogP contribution in [0.5, 0.6) is 0 Å². The Morgan fingerprint density at radius 2 is 2.00 bits per heavy atom. The van der Waals surface area contributed by atoms with E-state index < -0.39 is 6.16 Å². The first-order valence-corrected chi connectivity index (χ1v) is 1.34. The Morgan fingerprint density at radius 3 is 2.00 bits per heavy atom. The van der Waals surface area contributed by atoms with Crippen LogP contribution in [0, 0.1) is 0 Å². The molecule has 0 aromatic rings. The average molecular weight is 153 g/mol. The van der Waals surface area contributed by atoms with Gasteiger partial charge >= 0.3 is 6.16 Å². The van der Waals surface area contributed by atoms with E-state index in [1.807, 2.05) is 0 Å². The van der Waals surface area contributed by atoms with Crippen molar-refractivity contribution in [3.8, 4) is 0 Å². The summed E-state index contributed by atoms with van der Waals surface area (Å²) >= 11 is 0.